The van der Waals surface area contributed by atoms with E-state index >= 15 is 0 Å². The second kappa shape index (κ2) is 4.82. The Bertz CT molecular complexity index is 517. The van der Waals surface area contributed by atoms with Crippen molar-refractivity contribution in [1.29, 1.82) is 0 Å². The predicted molar refractivity (Wildman–Crippen MR) is 66.8 cm³/mol. The number of nitrogens with one attached hydrogen (secondary N) is 1. The van der Waals surface area contributed by atoms with Gasteiger partial charge in [-0.15, -0.1) is 0 Å². The molecule has 1 amide bonds. The average Bonchev–Trinajstić information content (AvgIpc) is 2.76. The molecule has 2 rings (SSSR count). The topological polar surface area (TPSA) is 46.9 Å². The van der Waals surface area contributed by atoms with Gasteiger partial charge in [-0.3, -0.25) is 9.48 Å². The fourth-order valence-electron chi connectivity index (χ4n) is 1.56. The van der Waals surface area contributed by atoms with Crippen molar-refractivity contribution in [3.8, 4) is 0 Å². The summed E-state index contributed by atoms with van der Waals surface area (Å²) in [5, 5.41) is 6.83. The summed E-state index contributed by atoms with van der Waals surface area (Å²) in [5.41, 5.74) is 3.21. The van der Waals surface area contributed by atoms with Gasteiger partial charge in [-0.1, -0.05) is 6.07 Å². The Morgan fingerprint density at radius 3 is 2.82 bits per heavy atom. The first-order valence-electron chi connectivity index (χ1n) is 5.50. The number of nitrogens with zero attached hydrogens (tertiary/aromatic N) is 2. The zero-order chi connectivity index (χ0) is 12.3. The van der Waals surface area contributed by atoms with E-state index in [9.17, 15) is 4.79 Å². The van der Waals surface area contributed by atoms with Gasteiger partial charge in [-0.25, -0.2) is 0 Å². The quantitative estimate of drug-likeness (QED) is 0.876. The SMILES string of the molecule is Cc1ccc(NC(=O)Cn2cccn2)cc1C. The van der Waals surface area contributed by atoms with Crippen molar-refractivity contribution in [2.45, 2.75) is 20.4 Å². The highest BCUT2D eigenvalue weighted by atomic mass is 16.2. The van der Waals surface area contributed by atoms with E-state index in [2.05, 4.69) is 10.4 Å². The lowest BCUT2D eigenvalue weighted by Gasteiger charge is -2.07. The van der Waals surface area contributed by atoms with E-state index in [0.717, 1.165) is 5.69 Å². The highest BCUT2D eigenvalue weighted by Gasteiger charge is 2.04. The van der Waals surface area contributed by atoms with Gasteiger partial charge in [0.25, 0.3) is 0 Å². The zero-order valence-electron chi connectivity index (χ0n) is 9.97. The van der Waals surface area contributed by atoms with Crippen LogP contribution in [-0.2, 0) is 11.3 Å². The lowest BCUT2D eigenvalue weighted by Crippen LogP contribution is -2.19. The summed E-state index contributed by atoms with van der Waals surface area (Å²) in [7, 11) is 0. The molecule has 0 aliphatic heterocycles. The molecule has 0 bridgehead atoms. The third-order valence-electron chi connectivity index (χ3n) is 2.66. The summed E-state index contributed by atoms with van der Waals surface area (Å²) < 4.78 is 1.59. The largest absolute Gasteiger partial charge is 0.324 e. The van der Waals surface area contributed by atoms with Gasteiger partial charge in [0.15, 0.2) is 0 Å². The fourth-order valence-corrected chi connectivity index (χ4v) is 1.56. The van der Waals surface area contributed by atoms with Crippen LogP contribution < -0.4 is 5.32 Å². The maximum Gasteiger partial charge on any atom is 0.246 e. The van der Waals surface area contributed by atoms with Crippen molar-refractivity contribution < 1.29 is 4.79 Å². The second-order valence-corrected chi connectivity index (χ2v) is 4.05. The number of aromatic nitrogens is 2. The Morgan fingerprint density at radius 1 is 1.35 bits per heavy atom. The van der Waals surface area contributed by atoms with Crippen molar-refractivity contribution in [2.75, 3.05) is 5.32 Å². The van der Waals surface area contributed by atoms with E-state index in [-0.39, 0.29) is 12.5 Å². The van der Waals surface area contributed by atoms with Crippen LogP contribution in [0.5, 0.6) is 0 Å². The van der Waals surface area contributed by atoms with Crippen LogP contribution >= 0.6 is 0 Å². The Morgan fingerprint density at radius 2 is 2.18 bits per heavy atom. The minimum absolute atomic E-state index is 0.0723. The summed E-state index contributed by atoms with van der Waals surface area (Å²) in [6.07, 6.45) is 3.42. The molecule has 0 unspecified atom stereocenters. The summed E-state index contributed by atoms with van der Waals surface area (Å²) >= 11 is 0. The molecule has 0 fully saturated rings. The minimum Gasteiger partial charge on any atom is -0.324 e. The van der Waals surface area contributed by atoms with Crippen molar-refractivity contribution in [2.24, 2.45) is 0 Å². The Balaban J connectivity index is 2.00. The average molecular weight is 229 g/mol. The third kappa shape index (κ3) is 2.93. The third-order valence-corrected chi connectivity index (χ3v) is 2.66. The first-order chi connectivity index (χ1) is 8.15. The lowest BCUT2D eigenvalue weighted by molar-refractivity contribution is -0.116. The van der Waals surface area contributed by atoms with Gasteiger partial charge in [0.2, 0.25) is 5.91 Å². The van der Waals surface area contributed by atoms with E-state index in [1.165, 1.54) is 11.1 Å². The number of hydrogen-bond acceptors (Lipinski definition) is 2. The summed E-state index contributed by atoms with van der Waals surface area (Å²) in [4.78, 5) is 11.7. The Hall–Kier alpha value is -2.10. The molecule has 1 aromatic carbocycles. The van der Waals surface area contributed by atoms with Gasteiger partial charge in [0.05, 0.1) is 0 Å². The first-order valence-corrected chi connectivity index (χ1v) is 5.50. The summed E-state index contributed by atoms with van der Waals surface area (Å²) in [5.74, 6) is -0.0723. The molecular weight excluding hydrogens is 214 g/mol. The molecule has 2 aromatic rings. The van der Waals surface area contributed by atoms with Crippen LogP contribution in [-0.4, -0.2) is 15.7 Å². The first kappa shape index (κ1) is 11.4. The number of amides is 1. The molecule has 0 saturated heterocycles. The van der Waals surface area contributed by atoms with Gasteiger partial charge >= 0.3 is 0 Å². The molecule has 88 valence electrons. The number of rotatable bonds is 3. The molecule has 0 spiro atoms. The van der Waals surface area contributed by atoms with Crippen LogP contribution in [0, 0.1) is 13.8 Å². The van der Waals surface area contributed by atoms with E-state index < -0.39 is 0 Å². The number of benzene rings is 1. The number of anilines is 1. The molecule has 0 saturated carbocycles. The lowest BCUT2D eigenvalue weighted by atomic mass is 10.1. The van der Waals surface area contributed by atoms with Crippen LogP contribution in [0.4, 0.5) is 5.69 Å². The number of aryl methyl sites for hydroxylation is 2. The second-order valence-electron chi connectivity index (χ2n) is 4.05. The van der Waals surface area contributed by atoms with Gasteiger partial charge in [0, 0.05) is 18.1 Å². The van der Waals surface area contributed by atoms with Crippen LogP contribution in [0.2, 0.25) is 0 Å². The molecular formula is C13H15N3O. The molecule has 0 atom stereocenters. The minimum atomic E-state index is -0.0723. The van der Waals surface area contributed by atoms with E-state index in [4.69, 9.17) is 0 Å². The van der Waals surface area contributed by atoms with Crippen LogP contribution in [0.25, 0.3) is 0 Å². The molecule has 1 N–H and O–H groups in total. The Kier molecular flexibility index (Phi) is 3.23. The molecule has 0 aliphatic carbocycles. The standard InChI is InChI=1S/C13H15N3O/c1-10-4-5-12(8-11(10)2)15-13(17)9-16-7-3-6-14-16/h3-8H,9H2,1-2H3,(H,15,17). The van der Waals surface area contributed by atoms with E-state index in [1.54, 1.807) is 23.1 Å². The summed E-state index contributed by atoms with van der Waals surface area (Å²) in [6.45, 7) is 4.31. The molecule has 1 aromatic heterocycles. The number of carbonyl (C=O) groups excluding carboxylic acids is 1. The number of carbonyl (C=O) groups is 1. The van der Waals surface area contributed by atoms with E-state index in [1.807, 2.05) is 32.0 Å². The van der Waals surface area contributed by atoms with Crippen molar-refractivity contribution in [3.63, 3.8) is 0 Å². The van der Waals surface area contributed by atoms with Crippen molar-refractivity contribution >= 4 is 11.6 Å². The highest BCUT2D eigenvalue weighted by molar-refractivity contribution is 5.90. The van der Waals surface area contributed by atoms with E-state index in [0.29, 0.717) is 0 Å². The van der Waals surface area contributed by atoms with Crippen molar-refractivity contribution in [1.82, 2.24) is 9.78 Å². The predicted octanol–water partition coefficient (Wildman–Crippen LogP) is 2.14. The maximum atomic E-state index is 11.7. The molecule has 0 aliphatic rings. The van der Waals surface area contributed by atoms with Crippen LogP contribution in [0.15, 0.2) is 36.7 Å². The molecule has 17 heavy (non-hydrogen) atoms. The summed E-state index contributed by atoms with van der Waals surface area (Å²) in [6, 6.07) is 7.67. The normalized spacial score (nSPS) is 10.2. The maximum absolute atomic E-state index is 11.7. The monoisotopic (exact) mass is 229 g/mol. The number of hydrogen-bond donors (Lipinski definition) is 1. The van der Waals surface area contributed by atoms with Gasteiger partial charge in [-0.05, 0) is 43.2 Å². The Labute approximate surface area is 100 Å². The van der Waals surface area contributed by atoms with Gasteiger partial charge < -0.3 is 5.32 Å². The van der Waals surface area contributed by atoms with Crippen LogP contribution in [0.1, 0.15) is 11.1 Å². The smallest absolute Gasteiger partial charge is 0.246 e. The van der Waals surface area contributed by atoms with Gasteiger partial charge in [0.1, 0.15) is 6.54 Å². The molecule has 4 heteroatoms. The zero-order valence-corrected chi connectivity index (χ0v) is 9.97. The van der Waals surface area contributed by atoms with Gasteiger partial charge in [-0.2, -0.15) is 5.10 Å². The highest BCUT2D eigenvalue weighted by Crippen LogP contribution is 2.13. The molecule has 0 radical (unpaired) electrons. The van der Waals surface area contributed by atoms with Crippen molar-refractivity contribution in [3.05, 3.63) is 47.8 Å². The van der Waals surface area contributed by atoms with Crippen LogP contribution in [0.3, 0.4) is 0 Å². The molecule has 1 heterocycles. The molecule has 4 nitrogen and oxygen atoms in total. The fraction of sp³-hybridized carbons (Fsp3) is 0.231.